The molecule has 2 rings (SSSR count). The van der Waals surface area contributed by atoms with Gasteiger partial charge < -0.3 is 10.6 Å². The van der Waals surface area contributed by atoms with Crippen molar-refractivity contribution in [2.45, 2.75) is 38.1 Å². The minimum Gasteiger partial charge on any atom is -0.357 e. The van der Waals surface area contributed by atoms with Crippen molar-refractivity contribution in [1.82, 2.24) is 10.6 Å². The van der Waals surface area contributed by atoms with Gasteiger partial charge in [-0.15, -0.1) is 11.8 Å². The Bertz CT molecular complexity index is 467. The van der Waals surface area contributed by atoms with Crippen LogP contribution in [0.2, 0.25) is 0 Å². The lowest BCUT2D eigenvalue weighted by Crippen LogP contribution is -2.38. The highest BCUT2D eigenvalue weighted by Gasteiger charge is 2.21. The van der Waals surface area contributed by atoms with Crippen molar-refractivity contribution in [3.8, 4) is 0 Å². The van der Waals surface area contributed by atoms with Crippen LogP contribution in [0.25, 0.3) is 0 Å². The highest BCUT2D eigenvalue weighted by molar-refractivity contribution is 7.98. The van der Waals surface area contributed by atoms with Crippen molar-refractivity contribution in [1.29, 1.82) is 0 Å². The zero-order chi connectivity index (χ0) is 14.4. The first-order valence-corrected chi connectivity index (χ1v) is 8.61. The van der Waals surface area contributed by atoms with Gasteiger partial charge in [-0.3, -0.25) is 0 Å². The van der Waals surface area contributed by atoms with Crippen LogP contribution in [-0.2, 0) is 6.54 Å². The van der Waals surface area contributed by atoms with Crippen molar-refractivity contribution in [3.63, 3.8) is 0 Å². The third-order valence-electron chi connectivity index (χ3n) is 3.45. The molecule has 0 spiro atoms. The van der Waals surface area contributed by atoms with E-state index in [4.69, 9.17) is 4.99 Å². The van der Waals surface area contributed by atoms with Crippen LogP contribution in [0.1, 0.15) is 30.9 Å². The minimum atomic E-state index is 0.733. The van der Waals surface area contributed by atoms with E-state index in [-0.39, 0.29) is 0 Å². The lowest BCUT2D eigenvalue weighted by atomic mass is 10.1. The number of rotatable bonds is 6. The molecular formula is C16H25N3S. The van der Waals surface area contributed by atoms with Gasteiger partial charge in [-0.05, 0) is 56.1 Å². The molecule has 4 heteroatoms. The topological polar surface area (TPSA) is 36.4 Å². The highest BCUT2D eigenvalue weighted by atomic mass is 32.2. The highest BCUT2D eigenvalue weighted by Crippen LogP contribution is 2.27. The van der Waals surface area contributed by atoms with Crippen LogP contribution in [0, 0.1) is 12.8 Å². The van der Waals surface area contributed by atoms with Crippen molar-refractivity contribution < 1.29 is 0 Å². The lowest BCUT2D eigenvalue weighted by Gasteiger charge is -2.12. The molecule has 0 saturated heterocycles. The first-order chi connectivity index (χ1) is 9.72. The summed E-state index contributed by atoms with van der Waals surface area (Å²) in [6, 6.07) is 6.59. The smallest absolute Gasteiger partial charge is 0.191 e. The number of hydrogen-bond donors (Lipinski definition) is 2. The maximum atomic E-state index is 4.70. The van der Waals surface area contributed by atoms with E-state index < -0.39 is 0 Å². The monoisotopic (exact) mass is 291 g/mol. The molecule has 1 aromatic rings. The van der Waals surface area contributed by atoms with E-state index in [9.17, 15) is 0 Å². The Morgan fingerprint density at radius 3 is 2.80 bits per heavy atom. The molecule has 110 valence electrons. The second-order valence-electron chi connectivity index (χ2n) is 5.33. The van der Waals surface area contributed by atoms with Crippen molar-refractivity contribution in [2.75, 3.05) is 19.3 Å². The summed E-state index contributed by atoms with van der Waals surface area (Å²) >= 11 is 1.79. The number of aryl methyl sites for hydroxylation is 1. The molecule has 1 aromatic carbocycles. The number of benzene rings is 1. The van der Waals surface area contributed by atoms with Gasteiger partial charge >= 0.3 is 0 Å². The standard InChI is InChI=1S/C16H25N3S/c1-4-17-16(18-10-13-6-7-13)19-11-14-8-5-12(2)9-15(14)20-3/h5,8-9,13H,4,6-7,10-11H2,1-3H3,(H2,17,18,19). The molecule has 1 saturated carbocycles. The molecule has 20 heavy (non-hydrogen) atoms. The van der Waals surface area contributed by atoms with Gasteiger partial charge in [-0.1, -0.05) is 12.1 Å². The van der Waals surface area contributed by atoms with Gasteiger partial charge in [0.15, 0.2) is 5.96 Å². The normalized spacial score (nSPS) is 15.2. The summed E-state index contributed by atoms with van der Waals surface area (Å²) in [5.41, 5.74) is 2.60. The summed E-state index contributed by atoms with van der Waals surface area (Å²) in [7, 11) is 0. The van der Waals surface area contributed by atoms with Crippen LogP contribution in [0.15, 0.2) is 28.1 Å². The second kappa shape index (κ2) is 7.58. The molecule has 2 N–H and O–H groups in total. The fourth-order valence-corrected chi connectivity index (χ4v) is 2.75. The van der Waals surface area contributed by atoms with E-state index in [0.717, 1.165) is 31.5 Å². The SMILES string of the molecule is CCNC(=NCc1ccc(C)cc1SC)NCC1CC1. The van der Waals surface area contributed by atoms with Crippen molar-refractivity contribution >= 4 is 17.7 Å². The van der Waals surface area contributed by atoms with Crippen LogP contribution in [0.4, 0.5) is 0 Å². The van der Waals surface area contributed by atoms with Gasteiger partial charge in [0.2, 0.25) is 0 Å². The predicted molar refractivity (Wildman–Crippen MR) is 88.5 cm³/mol. The molecule has 1 fully saturated rings. The summed E-state index contributed by atoms with van der Waals surface area (Å²) in [5, 5.41) is 6.75. The van der Waals surface area contributed by atoms with Crippen LogP contribution >= 0.6 is 11.8 Å². The van der Waals surface area contributed by atoms with E-state index in [0.29, 0.717) is 0 Å². The molecule has 0 aliphatic heterocycles. The molecule has 1 aliphatic rings. The predicted octanol–water partition coefficient (Wildman–Crippen LogP) is 3.18. The van der Waals surface area contributed by atoms with E-state index >= 15 is 0 Å². The molecule has 0 amide bonds. The summed E-state index contributed by atoms with van der Waals surface area (Å²) in [6.45, 7) is 6.92. The Labute approximate surface area is 126 Å². The number of thioether (sulfide) groups is 1. The van der Waals surface area contributed by atoms with E-state index in [1.807, 2.05) is 0 Å². The number of hydrogen-bond acceptors (Lipinski definition) is 2. The van der Waals surface area contributed by atoms with Gasteiger partial charge in [-0.2, -0.15) is 0 Å². The van der Waals surface area contributed by atoms with Crippen LogP contribution < -0.4 is 10.6 Å². The molecule has 3 nitrogen and oxygen atoms in total. The lowest BCUT2D eigenvalue weighted by molar-refractivity contribution is 0.738. The van der Waals surface area contributed by atoms with Crippen LogP contribution in [-0.4, -0.2) is 25.3 Å². The van der Waals surface area contributed by atoms with Gasteiger partial charge in [0.1, 0.15) is 0 Å². The van der Waals surface area contributed by atoms with Crippen molar-refractivity contribution in [2.24, 2.45) is 10.9 Å². The van der Waals surface area contributed by atoms with E-state index in [1.54, 1.807) is 11.8 Å². The number of guanidine groups is 1. The Morgan fingerprint density at radius 2 is 2.15 bits per heavy atom. The third-order valence-corrected chi connectivity index (χ3v) is 4.27. The largest absolute Gasteiger partial charge is 0.357 e. The molecule has 0 heterocycles. The number of aliphatic imine (C=N–C) groups is 1. The Hall–Kier alpha value is -1.16. The van der Waals surface area contributed by atoms with Gasteiger partial charge in [0.25, 0.3) is 0 Å². The Kier molecular flexibility index (Phi) is 5.77. The first kappa shape index (κ1) is 15.2. The summed E-state index contributed by atoms with van der Waals surface area (Å²) in [5.74, 6) is 1.80. The summed E-state index contributed by atoms with van der Waals surface area (Å²) in [4.78, 5) is 6.03. The fraction of sp³-hybridized carbons (Fsp3) is 0.562. The maximum Gasteiger partial charge on any atom is 0.191 e. The molecular weight excluding hydrogens is 266 g/mol. The zero-order valence-corrected chi connectivity index (χ0v) is 13.5. The molecule has 0 radical (unpaired) electrons. The fourth-order valence-electron chi connectivity index (χ4n) is 2.05. The molecule has 0 unspecified atom stereocenters. The van der Waals surface area contributed by atoms with Crippen LogP contribution in [0.5, 0.6) is 0 Å². The van der Waals surface area contributed by atoms with Crippen molar-refractivity contribution in [3.05, 3.63) is 29.3 Å². The van der Waals surface area contributed by atoms with E-state index in [2.05, 4.69) is 48.9 Å². The Morgan fingerprint density at radius 1 is 1.35 bits per heavy atom. The summed E-state index contributed by atoms with van der Waals surface area (Å²) in [6.07, 6.45) is 4.85. The van der Waals surface area contributed by atoms with Gasteiger partial charge in [0.05, 0.1) is 6.54 Å². The second-order valence-corrected chi connectivity index (χ2v) is 6.18. The van der Waals surface area contributed by atoms with Gasteiger partial charge in [-0.25, -0.2) is 4.99 Å². The van der Waals surface area contributed by atoms with Gasteiger partial charge in [0, 0.05) is 18.0 Å². The quantitative estimate of drug-likeness (QED) is 0.480. The third kappa shape index (κ3) is 4.75. The van der Waals surface area contributed by atoms with Crippen LogP contribution in [0.3, 0.4) is 0 Å². The zero-order valence-electron chi connectivity index (χ0n) is 12.7. The minimum absolute atomic E-state index is 0.733. The Balaban J connectivity index is 1.99. The number of nitrogens with one attached hydrogen (secondary N) is 2. The summed E-state index contributed by atoms with van der Waals surface area (Å²) < 4.78 is 0. The first-order valence-electron chi connectivity index (χ1n) is 7.38. The molecule has 0 bridgehead atoms. The number of nitrogens with zero attached hydrogens (tertiary/aromatic N) is 1. The average Bonchev–Trinajstić information content (AvgIpc) is 3.27. The molecule has 0 aromatic heterocycles. The maximum absolute atomic E-state index is 4.70. The molecule has 0 atom stereocenters. The average molecular weight is 291 g/mol. The van der Waals surface area contributed by atoms with E-state index in [1.165, 1.54) is 28.9 Å². The molecule has 1 aliphatic carbocycles.